The van der Waals surface area contributed by atoms with E-state index in [0.29, 0.717) is 18.0 Å². The predicted octanol–water partition coefficient (Wildman–Crippen LogP) is 4.25. The lowest BCUT2D eigenvalue weighted by molar-refractivity contribution is -0.141. The number of hydrogen-bond donors (Lipinski definition) is 1. The molecule has 0 saturated carbocycles. The number of hydrogen-bond acceptors (Lipinski definition) is 4. The molecule has 1 atom stereocenters. The number of nitrogens with zero attached hydrogens (tertiary/aromatic N) is 3. The Hall–Kier alpha value is -2.66. The van der Waals surface area contributed by atoms with Crippen molar-refractivity contribution in [1.82, 2.24) is 9.97 Å². The SMILES string of the molecule is O=C(O)C1CCCN(c2ncnc3cccc(-c4cccc(Cl)c4)c23)C1. The minimum Gasteiger partial charge on any atom is -0.481 e. The third-order valence-corrected chi connectivity index (χ3v) is 5.08. The van der Waals surface area contributed by atoms with Gasteiger partial charge >= 0.3 is 5.97 Å². The summed E-state index contributed by atoms with van der Waals surface area (Å²) >= 11 is 6.18. The molecule has 3 aromatic rings. The zero-order chi connectivity index (χ0) is 18.1. The first kappa shape index (κ1) is 16.8. The molecule has 1 unspecified atom stereocenters. The van der Waals surface area contributed by atoms with Gasteiger partial charge in [0, 0.05) is 18.1 Å². The van der Waals surface area contributed by atoms with E-state index in [0.717, 1.165) is 40.8 Å². The van der Waals surface area contributed by atoms with Crippen LogP contribution in [0.15, 0.2) is 48.8 Å². The van der Waals surface area contributed by atoms with E-state index in [-0.39, 0.29) is 5.92 Å². The maximum atomic E-state index is 11.4. The molecule has 6 heteroatoms. The van der Waals surface area contributed by atoms with E-state index < -0.39 is 5.97 Å². The summed E-state index contributed by atoms with van der Waals surface area (Å²) < 4.78 is 0. The van der Waals surface area contributed by atoms with Crippen molar-refractivity contribution >= 4 is 34.3 Å². The van der Waals surface area contributed by atoms with Crippen LogP contribution in [0.2, 0.25) is 5.02 Å². The smallest absolute Gasteiger partial charge is 0.308 e. The van der Waals surface area contributed by atoms with E-state index in [4.69, 9.17) is 11.6 Å². The molecule has 26 heavy (non-hydrogen) atoms. The topological polar surface area (TPSA) is 66.3 Å². The van der Waals surface area contributed by atoms with Crippen LogP contribution in [-0.2, 0) is 4.79 Å². The average molecular weight is 368 g/mol. The predicted molar refractivity (Wildman–Crippen MR) is 103 cm³/mol. The second-order valence-electron chi connectivity index (χ2n) is 6.53. The van der Waals surface area contributed by atoms with Crippen molar-refractivity contribution in [2.45, 2.75) is 12.8 Å². The van der Waals surface area contributed by atoms with E-state index >= 15 is 0 Å². The zero-order valence-electron chi connectivity index (χ0n) is 14.1. The molecule has 0 amide bonds. The highest BCUT2D eigenvalue weighted by Gasteiger charge is 2.27. The van der Waals surface area contributed by atoms with E-state index in [2.05, 4.69) is 14.9 Å². The Balaban J connectivity index is 1.87. The molecular weight excluding hydrogens is 350 g/mol. The van der Waals surface area contributed by atoms with Gasteiger partial charge < -0.3 is 10.0 Å². The molecule has 2 aromatic carbocycles. The molecular formula is C20H18ClN3O2. The summed E-state index contributed by atoms with van der Waals surface area (Å²) in [6.07, 6.45) is 3.08. The van der Waals surface area contributed by atoms with Gasteiger partial charge in [-0.1, -0.05) is 35.9 Å². The van der Waals surface area contributed by atoms with E-state index in [1.165, 1.54) is 0 Å². The fraction of sp³-hybridized carbons (Fsp3) is 0.250. The number of carbonyl (C=O) groups is 1. The summed E-state index contributed by atoms with van der Waals surface area (Å²) in [6, 6.07) is 13.6. The highest BCUT2D eigenvalue weighted by molar-refractivity contribution is 6.31. The van der Waals surface area contributed by atoms with Gasteiger partial charge in [-0.2, -0.15) is 0 Å². The van der Waals surface area contributed by atoms with Crippen molar-refractivity contribution < 1.29 is 9.90 Å². The van der Waals surface area contributed by atoms with Gasteiger partial charge in [-0.05, 0) is 42.2 Å². The van der Waals surface area contributed by atoms with Crippen molar-refractivity contribution in [2.75, 3.05) is 18.0 Å². The molecule has 1 aliphatic rings. The van der Waals surface area contributed by atoms with Crippen molar-refractivity contribution in [3.8, 4) is 11.1 Å². The van der Waals surface area contributed by atoms with Crippen LogP contribution < -0.4 is 4.90 Å². The van der Waals surface area contributed by atoms with Gasteiger partial charge in [0.05, 0.1) is 16.8 Å². The normalized spacial score (nSPS) is 17.4. The van der Waals surface area contributed by atoms with Gasteiger partial charge in [-0.3, -0.25) is 4.79 Å². The summed E-state index contributed by atoms with van der Waals surface area (Å²) in [5.74, 6) is -0.327. The molecule has 1 fully saturated rings. The Labute approximate surface area is 156 Å². The molecule has 0 aliphatic carbocycles. The van der Waals surface area contributed by atoms with Crippen LogP contribution in [0.3, 0.4) is 0 Å². The fourth-order valence-electron chi connectivity index (χ4n) is 3.60. The Morgan fingerprint density at radius 3 is 2.85 bits per heavy atom. The van der Waals surface area contributed by atoms with Gasteiger partial charge in [-0.15, -0.1) is 0 Å². The Morgan fingerprint density at radius 1 is 1.19 bits per heavy atom. The van der Waals surface area contributed by atoms with Crippen LogP contribution in [0.25, 0.3) is 22.0 Å². The minimum atomic E-state index is -0.747. The molecule has 1 N–H and O–H groups in total. The number of benzene rings is 2. The number of aliphatic carboxylic acids is 1. The number of piperidine rings is 1. The summed E-state index contributed by atoms with van der Waals surface area (Å²) in [5, 5.41) is 11.0. The molecule has 132 valence electrons. The highest BCUT2D eigenvalue weighted by Crippen LogP contribution is 2.35. The molecule has 0 radical (unpaired) electrons. The molecule has 1 saturated heterocycles. The van der Waals surface area contributed by atoms with Gasteiger partial charge in [0.15, 0.2) is 0 Å². The number of anilines is 1. The monoisotopic (exact) mass is 367 g/mol. The molecule has 4 rings (SSSR count). The molecule has 0 spiro atoms. The molecule has 2 heterocycles. The number of carboxylic acids is 1. The van der Waals surface area contributed by atoms with Crippen molar-refractivity contribution in [3.63, 3.8) is 0 Å². The molecule has 0 bridgehead atoms. The maximum Gasteiger partial charge on any atom is 0.308 e. The van der Waals surface area contributed by atoms with E-state index in [1.807, 2.05) is 42.5 Å². The van der Waals surface area contributed by atoms with Crippen LogP contribution >= 0.6 is 11.6 Å². The second kappa shape index (κ2) is 6.92. The number of aromatic nitrogens is 2. The summed E-state index contributed by atoms with van der Waals surface area (Å²) in [6.45, 7) is 1.26. The van der Waals surface area contributed by atoms with Crippen LogP contribution in [0.4, 0.5) is 5.82 Å². The van der Waals surface area contributed by atoms with Crippen LogP contribution in [0.1, 0.15) is 12.8 Å². The molecule has 1 aliphatic heterocycles. The molecule has 1 aromatic heterocycles. The quantitative estimate of drug-likeness (QED) is 0.749. The largest absolute Gasteiger partial charge is 0.481 e. The van der Waals surface area contributed by atoms with Crippen molar-refractivity contribution in [1.29, 1.82) is 0 Å². The molecule has 5 nitrogen and oxygen atoms in total. The van der Waals surface area contributed by atoms with E-state index in [1.54, 1.807) is 6.33 Å². The summed E-state index contributed by atoms with van der Waals surface area (Å²) in [7, 11) is 0. The lowest BCUT2D eigenvalue weighted by atomic mass is 9.96. The summed E-state index contributed by atoms with van der Waals surface area (Å²) in [4.78, 5) is 22.5. The van der Waals surface area contributed by atoms with Crippen LogP contribution in [0, 0.1) is 5.92 Å². The van der Waals surface area contributed by atoms with Crippen LogP contribution in [0.5, 0.6) is 0 Å². The summed E-state index contributed by atoms with van der Waals surface area (Å²) in [5.41, 5.74) is 2.83. The zero-order valence-corrected chi connectivity index (χ0v) is 14.9. The second-order valence-corrected chi connectivity index (χ2v) is 6.97. The maximum absolute atomic E-state index is 11.4. The first-order valence-electron chi connectivity index (χ1n) is 8.61. The first-order valence-corrected chi connectivity index (χ1v) is 8.98. The van der Waals surface area contributed by atoms with Gasteiger partial charge in [0.2, 0.25) is 0 Å². The lowest BCUT2D eigenvalue weighted by Gasteiger charge is -2.32. The fourth-order valence-corrected chi connectivity index (χ4v) is 3.79. The van der Waals surface area contributed by atoms with Gasteiger partial charge in [0.1, 0.15) is 12.1 Å². The Morgan fingerprint density at radius 2 is 2.04 bits per heavy atom. The lowest BCUT2D eigenvalue weighted by Crippen LogP contribution is -2.39. The highest BCUT2D eigenvalue weighted by atomic mass is 35.5. The number of rotatable bonds is 3. The third kappa shape index (κ3) is 3.10. The van der Waals surface area contributed by atoms with Gasteiger partial charge in [0.25, 0.3) is 0 Å². The van der Waals surface area contributed by atoms with Crippen molar-refractivity contribution in [2.24, 2.45) is 5.92 Å². The van der Waals surface area contributed by atoms with Crippen molar-refractivity contribution in [3.05, 3.63) is 53.8 Å². The first-order chi connectivity index (χ1) is 12.6. The Kier molecular flexibility index (Phi) is 4.47. The Bertz CT molecular complexity index is 971. The number of halogens is 1. The average Bonchev–Trinajstić information content (AvgIpc) is 2.67. The van der Waals surface area contributed by atoms with Crippen LogP contribution in [-0.4, -0.2) is 34.1 Å². The van der Waals surface area contributed by atoms with Gasteiger partial charge in [-0.25, -0.2) is 9.97 Å². The number of carboxylic acid groups (broad SMARTS) is 1. The minimum absolute atomic E-state index is 0.368. The third-order valence-electron chi connectivity index (χ3n) is 4.85. The van der Waals surface area contributed by atoms with E-state index in [9.17, 15) is 9.90 Å². The standard InChI is InChI=1S/C20H18ClN3O2/c21-15-6-1-4-13(10-15)16-7-2-8-17-18(16)19(23-12-22-17)24-9-3-5-14(11-24)20(25)26/h1-2,4,6-8,10,12,14H,3,5,9,11H2,(H,25,26). The number of fused-ring (bicyclic) bond motifs is 1.